The minimum atomic E-state index is -0.897. The van der Waals surface area contributed by atoms with E-state index in [9.17, 15) is 28.8 Å². The van der Waals surface area contributed by atoms with E-state index in [1.807, 2.05) is 0 Å². The van der Waals surface area contributed by atoms with Crippen LogP contribution < -0.4 is 21.7 Å². The number of hydrogen-bond donors (Lipinski definition) is 4. The SMILES string of the molecule is CC(=O)[C@H](CCCNC(N)=O)NC(=O)C(NC(=O)CCN1C(=O)C=CC1=O)C(C)C. The Hall–Kier alpha value is -3.24. The van der Waals surface area contributed by atoms with E-state index in [1.165, 1.54) is 6.92 Å². The van der Waals surface area contributed by atoms with E-state index < -0.39 is 41.7 Å². The molecule has 0 bridgehead atoms. The number of ketones is 1. The van der Waals surface area contributed by atoms with Gasteiger partial charge in [-0.05, 0) is 25.7 Å². The van der Waals surface area contributed by atoms with Crippen molar-refractivity contribution in [2.75, 3.05) is 13.1 Å². The van der Waals surface area contributed by atoms with Gasteiger partial charge in [0, 0.05) is 31.7 Å². The van der Waals surface area contributed by atoms with Crippen molar-refractivity contribution in [2.24, 2.45) is 11.7 Å². The Bertz CT molecular complexity index is 715. The number of Topliss-reactive ketones (excluding diaryl/α,β-unsaturated/α-hetero) is 1. The molecule has 0 saturated heterocycles. The number of primary amides is 1. The number of imide groups is 1. The molecule has 30 heavy (non-hydrogen) atoms. The van der Waals surface area contributed by atoms with Gasteiger partial charge in [-0.1, -0.05) is 13.8 Å². The number of nitrogens with zero attached hydrogens (tertiary/aromatic N) is 1. The van der Waals surface area contributed by atoms with Gasteiger partial charge in [-0.25, -0.2) is 4.79 Å². The summed E-state index contributed by atoms with van der Waals surface area (Å²) in [6, 6.07) is -2.34. The molecule has 0 radical (unpaired) electrons. The molecule has 0 spiro atoms. The number of carbonyl (C=O) groups excluding carboxylic acids is 6. The molecule has 0 aromatic heterocycles. The molecule has 0 saturated carbocycles. The maximum absolute atomic E-state index is 12.6. The van der Waals surface area contributed by atoms with Crippen LogP contribution in [-0.4, -0.2) is 65.5 Å². The minimum absolute atomic E-state index is 0.0914. The summed E-state index contributed by atoms with van der Waals surface area (Å²) in [5, 5.41) is 7.62. The van der Waals surface area contributed by atoms with Gasteiger partial charge < -0.3 is 21.7 Å². The Labute approximate surface area is 174 Å². The Kier molecular flexibility index (Phi) is 9.66. The molecule has 11 heteroatoms. The number of hydrogen-bond acceptors (Lipinski definition) is 6. The van der Waals surface area contributed by atoms with E-state index in [-0.39, 0.29) is 31.2 Å². The van der Waals surface area contributed by atoms with Gasteiger partial charge in [-0.3, -0.25) is 28.9 Å². The van der Waals surface area contributed by atoms with Crippen LogP contribution in [0.15, 0.2) is 12.2 Å². The van der Waals surface area contributed by atoms with E-state index in [0.29, 0.717) is 12.8 Å². The number of urea groups is 1. The van der Waals surface area contributed by atoms with Gasteiger partial charge in [0.05, 0.1) is 6.04 Å². The summed E-state index contributed by atoms with van der Waals surface area (Å²) in [4.78, 5) is 71.4. The highest BCUT2D eigenvalue weighted by atomic mass is 16.2. The first kappa shape index (κ1) is 24.8. The molecular formula is C19H29N5O6. The Balaban J connectivity index is 2.59. The maximum Gasteiger partial charge on any atom is 0.312 e. The van der Waals surface area contributed by atoms with Crippen LogP contribution >= 0.6 is 0 Å². The lowest BCUT2D eigenvalue weighted by Crippen LogP contribution is -2.53. The quantitative estimate of drug-likeness (QED) is 0.231. The van der Waals surface area contributed by atoms with Crippen molar-refractivity contribution >= 4 is 35.4 Å². The second kappa shape index (κ2) is 11.7. The molecule has 6 amide bonds. The van der Waals surface area contributed by atoms with E-state index in [0.717, 1.165) is 17.1 Å². The van der Waals surface area contributed by atoms with Gasteiger partial charge in [0.1, 0.15) is 6.04 Å². The van der Waals surface area contributed by atoms with E-state index in [4.69, 9.17) is 5.73 Å². The van der Waals surface area contributed by atoms with Crippen molar-refractivity contribution < 1.29 is 28.8 Å². The molecule has 0 aromatic carbocycles. The smallest absolute Gasteiger partial charge is 0.312 e. The highest BCUT2D eigenvalue weighted by Gasteiger charge is 2.28. The second-order valence-electron chi connectivity index (χ2n) is 7.31. The first-order chi connectivity index (χ1) is 14.0. The monoisotopic (exact) mass is 423 g/mol. The van der Waals surface area contributed by atoms with Crippen LogP contribution in [-0.2, 0) is 24.0 Å². The summed E-state index contributed by atoms with van der Waals surface area (Å²) in [5.41, 5.74) is 4.98. The molecule has 1 unspecified atom stereocenters. The zero-order valence-corrected chi connectivity index (χ0v) is 17.4. The van der Waals surface area contributed by atoms with Crippen molar-refractivity contribution in [3.8, 4) is 0 Å². The fraction of sp³-hybridized carbons (Fsp3) is 0.579. The van der Waals surface area contributed by atoms with Crippen molar-refractivity contribution in [3.05, 3.63) is 12.2 Å². The fourth-order valence-electron chi connectivity index (χ4n) is 2.80. The van der Waals surface area contributed by atoms with Crippen LogP contribution in [0.5, 0.6) is 0 Å². The topological polar surface area (TPSA) is 168 Å². The Morgan fingerprint density at radius 3 is 2.17 bits per heavy atom. The van der Waals surface area contributed by atoms with Crippen molar-refractivity contribution in [2.45, 2.75) is 52.1 Å². The van der Waals surface area contributed by atoms with Crippen LogP contribution in [0.2, 0.25) is 0 Å². The normalized spacial score (nSPS) is 15.1. The first-order valence-electron chi connectivity index (χ1n) is 9.70. The number of rotatable bonds is 12. The third kappa shape index (κ3) is 8.02. The average molecular weight is 423 g/mol. The van der Waals surface area contributed by atoms with Crippen molar-refractivity contribution in [1.29, 1.82) is 0 Å². The van der Waals surface area contributed by atoms with Crippen LogP contribution in [0.3, 0.4) is 0 Å². The third-order valence-electron chi connectivity index (χ3n) is 4.50. The molecule has 0 fully saturated rings. The highest BCUT2D eigenvalue weighted by molar-refractivity contribution is 6.13. The molecule has 0 aliphatic carbocycles. The van der Waals surface area contributed by atoms with Crippen molar-refractivity contribution in [1.82, 2.24) is 20.9 Å². The third-order valence-corrected chi connectivity index (χ3v) is 4.50. The summed E-state index contributed by atoms with van der Waals surface area (Å²) < 4.78 is 0. The minimum Gasteiger partial charge on any atom is -0.352 e. The van der Waals surface area contributed by atoms with Gasteiger partial charge >= 0.3 is 6.03 Å². The van der Waals surface area contributed by atoms with Gasteiger partial charge in [-0.2, -0.15) is 0 Å². The summed E-state index contributed by atoms with van der Waals surface area (Å²) in [6.07, 6.45) is 2.84. The zero-order chi connectivity index (χ0) is 22.8. The standard InChI is InChI=1S/C19H29N5O6/c1-11(2)17(23-14(26)8-10-24-15(27)6-7-16(24)28)18(29)22-13(12(3)25)5-4-9-21-19(20)30/h6-7,11,13,17H,4-5,8-10H2,1-3H3,(H,22,29)(H,23,26)(H3,20,21,30)/t13-,17?/m0/s1. The van der Waals surface area contributed by atoms with Gasteiger partial charge in [0.25, 0.3) is 11.8 Å². The van der Waals surface area contributed by atoms with Crippen LogP contribution in [0, 0.1) is 5.92 Å². The molecule has 1 rings (SSSR count). The summed E-state index contributed by atoms with van der Waals surface area (Å²) in [7, 11) is 0. The number of nitrogens with one attached hydrogen (secondary N) is 3. The Morgan fingerprint density at radius 2 is 1.67 bits per heavy atom. The summed E-state index contributed by atoms with van der Waals surface area (Å²) >= 11 is 0. The first-order valence-corrected chi connectivity index (χ1v) is 9.70. The molecule has 0 aromatic rings. The lowest BCUT2D eigenvalue weighted by atomic mass is 10.0. The summed E-state index contributed by atoms with van der Waals surface area (Å²) in [5.74, 6) is -2.51. The lowest BCUT2D eigenvalue weighted by molar-refractivity contribution is -0.137. The zero-order valence-electron chi connectivity index (χ0n) is 17.4. The van der Waals surface area contributed by atoms with E-state index >= 15 is 0 Å². The second-order valence-corrected chi connectivity index (χ2v) is 7.31. The molecule has 2 atom stereocenters. The molecule has 1 heterocycles. The molecule has 1 aliphatic heterocycles. The lowest BCUT2D eigenvalue weighted by Gasteiger charge is -2.25. The maximum atomic E-state index is 12.6. The van der Waals surface area contributed by atoms with Crippen molar-refractivity contribution in [3.63, 3.8) is 0 Å². The fourth-order valence-corrected chi connectivity index (χ4v) is 2.80. The number of carbonyl (C=O) groups is 6. The highest BCUT2D eigenvalue weighted by Crippen LogP contribution is 2.07. The number of amides is 6. The molecule has 166 valence electrons. The molecule has 1 aliphatic rings. The largest absolute Gasteiger partial charge is 0.352 e. The number of nitrogens with two attached hydrogens (primary N) is 1. The van der Waals surface area contributed by atoms with Gasteiger partial charge in [0.15, 0.2) is 5.78 Å². The van der Waals surface area contributed by atoms with E-state index in [2.05, 4.69) is 16.0 Å². The van der Waals surface area contributed by atoms with Gasteiger partial charge in [0.2, 0.25) is 11.8 Å². The van der Waals surface area contributed by atoms with Gasteiger partial charge in [-0.15, -0.1) is 0 Å². The summed E-state index contributed by atoms with van der Waals surface area (Å²) in [6.45, 7) is 4.99. The molecule has 5 N–H and O–H groups in total. The predicted octanol–water partition coefficient (Wildman–Crippen LogP) is -1.04. The average Bonchev–Trinajstić information content (AvgIpc) is 2.97. The predicted molar refractivity (Wildman–Crippen MR) is 107 cm³/mol. The van der Waals surface area contributed by atoms with Crippen LogP contribution in [0.1, 0.15) is 40.0 Å². The van der Waals surface area contributed by atoms with Crippen LogP contribution in [0.4, 0.5) is 4.79 Å². The van der Waals surface area contributed by atoms with Crippen LogP contribution in [0.25, 0.3) is 0 Å². The molecular weight excluding hydrogens is 394 g/mol. The Morgan fingerprint density at radius 1 is 1.07 bits per heavy atom. The molecule has 11 nitrogen and oxygen atoms in total. The van der Waals surface area contributed by atoms with E-state index in [1.54, 1.807) is 13.8 Å².